The zero-order valence-electron chi connectivity index (χ0n) is 11.0. The van der Waals surface area contributed by atoms with Gasteiger partial charge >= 0.3 is 0 Å². The van der Waals surface area contributed by atoms with E-state index in [1.807, 2.05) is 49.4 Å². The summed E-state index contributed by atoms with van der Waals surface area (Å²) in [6.45, 7) is 2.46. The van der Waals surface area contributed by atoms with Gasteiger partial charge in [0.05, 0.1) is 6.61 Å². The van der Waals surface area contributed by atoms with Crippen LogP contribution in [0.5, 0.6) is 5.75 Å². The van der Waals surface area contributed by atoms with Crippen molar-refractivity contribution in [2.24, 2.45) is 5.73 Å². The molecule has 0 amide bonds. The van der Waals surface area contributed by atoms with E-state index in [0.29, 0.717) is 6.54 Å². The molecule has 0 saturated carbocycles. The van der Waals surface area contributed by atoms with Gasteiger partial charge in [0.25, 0.3) is 0 Å². The minimum Gasteiger partial charge on any atom is -0.484 e. The Labute approximate surface area is 113 Å². The van der Waals surface area contributed by atoms with Crippen molar-refractivity contribution in [1.29, 1.82) is 0 Å². The van der Waals surface area contributed by atoms with Crippen molar-refractivity contribution >= 4 is 0 Å². The van der Waals surface area contributed by atoms with Gasteiger partial charge < -0.3 is 15.6 Å². The molecule has 1 atom stereocenters. The fourth-order valence-electron chi connectivity index (χ4n) is 2.00. The van der Waals surface area contributed by atoms with Crippen molar-refractivity contribution in [2.75, 3.05) is 6.54 Å². The molecule has 0 aliphatic carbocycles. The molecule has 0 saturated heterocycles. The van der Waals surface area contributed by atoms with Crippen LogP contribution in [0.4, 0.5) is 0 Å². The van der Waals surface area contributed by atoms with E-state index >= 15 is 0 Å². The second-order valence-corrected chi connectivity index (χ2v) is 4.56. The quantitative estimate of drug-likeness (QED) is 0.865. The van der Waals surface area contributed by atoms with Crippen LogP contribution in [0, 0.1) is 6.92 Å². The predicted octanol–water partition coefficient (Wildman–Crippen LogP) is 2.57. The third kappa shape index (κ3) is 3.56. The highest BCUT2D eigenvalue weighted by Crippen LogP contribution is 2.22. The van der Waals surface area contributed by atoms with Crippen molar-refractivity contribution < 1.29 is 9.84 Å². The monoisotopic (exact) mass is 257 g/mol. The van der Waals surface area contributed by atoms with E-state index in [-0.39, 0.29) is 12.7 Å². The first-order valence-corrected chi connectivity index (χ1v) is 6.36. The fourth-order valence-corrected chi connectivity index (χ4v) is 2.00. The fraction of sp³-hybridized carbons (Fsp3) is 0.250. The Kier molecular flexibility index (Phi) is 4.55. The Balaban J connectivity index is 2.18. The summed E-state index contributed by atoms with van der Waals surface area (Å²) < 4.78 is 5.91. The second-order valence-electron chi connectivity index (χ2n) is 4.56. The van der Waals surface area contributed by atoms with E-state index in [2.05, 4.69) is 6.07 Å². The van der Waals surface area contributed by atoms with E-state index in [4.69, 9.17) is 15.6 Å². The number of benzene rings is 2. The van der Waals surface area contributed by atoms with E-state index in [0.717, 1.165) is 16.9 Å². The molecule has 0 bridgehead atoms. The molecule has 2 rings (SSSR count). The number of aryl methyl sites for hydroxylation is 1. The van der Waals surface area contributed by atoms with Crippen LogP contribution >= 0.6 is 0 Å². The molecule has 19 heavy (non-hydrogen) atoms. The summed E-state index contributed by atoms with van der Waals surface area (Å²) in [5, 5.41) is 9.13. The van der Waals surface area contributed by atoms with Gasteiger partial charge in [-0.05, 0) is 30.2 Å². The van der Waals surface area contributed by atoms with E-state index in [1.54, 1.807) is 0 Å². The number of nitrogens with two attached hydrogens (primary N) is 1. The van der Waals surface area contributed by atoms with Crippen molar-refractivity contribution in [2.45, 2.75) is 19.6 Å². The largest absolute Gasteiger partial charge is 0.484 e. The lowest BCUT2D eigenvalue weighted by molar-refractivity contribution is 0.213. The third-order valence-electron chi connectivity index (χ3n) is 2.99. The van der Waals surface area contributed by atoms with Gasteiger partial charge in [0.2, 0.25) is 0 Å². The third-order valence-corrected chi connectivity index (χ3v) is 2.99. The van der Waals surface area contributed by atoms with Crippen molar-refractivity contribution in [3.8, 4) is 5.75 Å². The van der Waals surface area contributed by atoms with Crippen molar-refractivity contribution in [3.63, 3.8) is 0 Å². The molecule has 0 aromatic heterocycles. The van der Waals surface area contributed by atoms with Crippen LogP contribution in [0.3, 0.4) is 0 Å². The Bertz CT molecular complexity index is 540. The smallest absolute Gasteiger partial charge is 0.136 e. The average molecular weight is 257 g/mol. The Morgan fingerprint density at radius 2 is 1.95 bits per heavy atom. The lowest BCUT2D eigenvalue weighted by atomic mass is 10.1. The maximum atomic E-state index is 9.13. The predicted molar refractivity (Wildman–Crippen MR) is 76.0 cm³/mol. The highest BCUT2D eigenvalue weighted by Gasteiger charge is 2.11. The van der Waals surface area contributed by atoms with Crippen LogP contribution in [0.2, 0.25) is 0 Å². The van der Waals surface area contributed by atoms with Crippen LogP contribution in [-0.2, 0) is 6.61 Å². The van der Waals surface area contributed by atoms with Gasteiger partial charge in [-0.3, -0.25) is 0 Å². The summed E-state index contributed by atoms with van der Waals surface area (Å²) in [5.41, 5.74) is 8.88. The number of rotatable bonds is 5. The van der Waals surface area contributed by atoms with E-state index in [9.17, 15) is 0 Å². The number of aliphatic hydroxyl groups excluding tert-OH is 1. The molecule has 0 spiro atoms. The van der Waals surface area contributed by atoms with Gasteiger partial charge in [-0.1, -0.05) is 42.0 Å². The zero-order valence-corrected chi connectivity index (χ0v) is 11.0. The van der Waals surface area contributed by atoms with Crippen LogP contribution in [0.25, 0.3) is 0 Å². The zero-order chi connectivity index (χ0) is 13.7. The number of ether oxygens (including phenoxy) is 1. The molecule has 1 unspecified atom stereocenters. The topological polar surface area (TPSA) is 55.5 Å². The second kappa shape index (κ2) is 6.36. The summed E-state index contributed by atoms with van der Waals surface area (Å²) in [5.74, 6) is 0.725. The van der Waals surface area contributed by atoms with Crippen molar-refractivity contribution in [1.82, 2.24) is 0 Å². The minimum atomic E-state index is -0.172. The van der Waals surface area contributed by atoms with Gasteiger partial charge in [0.1, 0.15) is 11.9 Å². The van der Waals surface area contributed by atoms with Gasteiger partial charge in [0, 0.05) is 6.54 Å². The lowest BCUT2D eigenvalue weighted by Gasteiger charge is -2.18. The summed E-state index contributed by atoms with van der Waals surface area (Å²) in [4.78, 5) is 0. The normalized spacial score (nSPS) is 12.2. The number of aliphatic hydroxyl groups is 1. The van der Waals surface area contributed by atoms with Gasteiger partial charge in [-0.15, -0.1) is 0 Å². The molecule has 3 nitrogen and oxygen atoms in total. The van der Waals surface area contributed by atoms with Crippen LogP contribution in [0.15, 0.2) is 48.5 Å². The SMILES string of the molecule is Cc1cccc(C(CN)Oc2cccc(CO)c2)c1. The summed E-state index contributed by atoms with van der Waals surface area (Å²) >= 11 is 0. The molecular formula is C16H19NO2. The number of hydrogen-bond acceptors (Lipinski definition) is 3. The van der Waals surface area contributed by atoms with E-state index in [1.165, 1.54) is 5.56 Å². The molecule has 0 fully saturated rings. The lowest BCUT2D eigenvalue weighted by Crippen LogP contribution is -2.18. The highest BCUT2D eigenvalue weighted by atomic mass is 16.5. The molecule has 0 aliphatic heterocycles. The van der Waals surface area contributed by atoms with Crippen LogP contribution < -0.4 is 10.5 Å². The molecule has 100 valence electrons. The van der Waals surface area contributed by atoms with E-state index < -0.39 is 0 Å². The minimum absolute atomic E-state index is 0.00887. The Morgan fingerprint density at radius 3 is 2.63 bits per heavy atom. The first-order chi connectivity index (χ1) is 9.22. The maximum absolute atomic E-state index is 9.13. The summed E-state index contributed by atoms with van der Waals surface area (Å²) in [7, 11) is 0. The van der Waals surface area contributed by atoms with Gasteiger partial charge in [-0.2, -0.15) is 0 Å². The summed E-state index contributed by atoms with van der Waals surface area (Å²) in [6, 6.07) is 15.6. The molecule has 0 aliphatic rings. The molecular weight excluding hydrogens is 238 g/mol. The molecule has 0 heterocycles. The first kappa shape index (κ1) is 13.6. The summed E-state index contributed by atoms with van der Waals surface area (Å²) in [6.07, 6.45) is -0.172. The Hall–Kier alpha value is -1.84. The van der Waals surface area contributed by atoms with Crippen molar-refractivity contribution in [3.05, 3.63) is 65.2 Å². The average Bonchev–Trinajstić information content (AvgIpc) is 2.45. The molecule has 2 aromatic carbocycles. The van der Waals surface area contributed by atoms with Crippen LogP contribution in [0.1, 0.15) is 22.8 Å². The highest BCUT2D eigenvalue weighted by molar-refractivity contribution is 5.30. The molecule has 0 radical (unpaired) electrons. The van der Waals surface area contributed by atoms with Gasteiger partial charge in [0.15, 0.2) is 0 Å². The van der Waals surface area contributed by atoms with Gasteiger partial charge in [-0.25, -0.2) is 0 Å². The standard InChI is InChI=1S/C16H19NO2/c1-12-4-2-6-14(8-12)16(10-17)19-15-7-3-5-13(9-15)11-18/h2-9,16,18H,10-11,17H2,1H3. The molecule has 3 N–H and O–H groups in total. The number of hydrogen-bond donors (Lipinski definition) is 2. The molecule has 3 heteroatoms. The molecule has 2 aromatic rings. The first-order valence-electron chi connectivity index (χ1n) is 6.36. The maximum Gasteiger partial charge on any atom is 0.136 e. The van der Waals surface area contributed by atoms with Crippen LogP contribution in [-0.4, -0.2) is 11.7 Å². The Morgan fingerprint density at radius 1 is 1.16 bits per heavy atom.